The molecule has 0 radical (unpaired) electrons. The van der Waals surface area contributed by atoms with Gasteiger partial charge in [0.25, 0.3) is 0 Å². The fraction of sp³-hybridized carbons (Fsp3) is 0.286. The van der Waals surface area contributed by atoms with E-state index in [1.54, 1.807) is 35.2 Å². The van der Waals surface area contributed by atoms with Crippen molar-refractivity contribution in [3.8, 4) is 5.75 Å². The van der Waals surface area contributed by atoms with Crippen LogP contribution in [0.1, 0.15) is 36.1 Å². The van der Waals surface area contributed by atoms with Crippen LogP contribution in [0.2, 0.25) is 0 Å². The average Bonchev–Trinajstić information content (AvgIpc) is 3.20. The molecule has 1 amide bonds. The van der Waals surface area contributed by atoms with Crippen LogP contribution >= 0.6 is 0 Å². The van der Waals surface area contributed by atoms with Crippen molar-refractivity contribution in [2.75, 3.05) is 12.3 Å². The third-order valence-corrected chi connectivity index (χ3v) is 5.33. The summed E-state index contributed by atoms with van der Waals surface area (Å²) in [6.07, 6.45) is 3.66. The molecule has 7 nitrogen and oxygen atoms in total. The SMILES string of the molecule is C=CC(=O)N1C(C)CC(c2cc(/C=C(\N)c3ccccc3O)c(N)[nH]2)C1CO. The summed E-state index contributed by atoms with van der Waals surface area (Å²) in [6, 6.07) is 8.31. The largest absolute Gasteiger partial charge is 0.507 e. The summed E-state index contributed by atoms with van der Waals surface area (Å²) in [6.45, 7) is 5.35. The highest BCUT2D eigenvalue weighted by Gasteiger charge is 2.42. The number of benzene rings is 1. The van der Waals surface area contributed by atoms with Gasteiger partial charge in [-0.1, -0.05) is 18.7 Å². The Balaban J connectivity index is 1.92. The summed E-state index contributed by atoms with van der Waals surface area (Å²) < 4.78 is 0. The van der Waals surface area contributed by atoms with Gasteiger partial charge in [0.1, 0.15) is 11.6 Å². The molecule has 3 unspecified atom stereocenters. The molecular weight excluding hydrogens is 356 g/mol. The Hall–Kier alpha value is -3.19. The number of likely N-dealkylation sites (tertiary alicyclic amines) is 1. The minimum Gasteiger partial charge on any atom is -0.507 e. The van der Waals surface area contributed by atoms with Crippen LogP contribution in [0.15, 0.2) is 43.0 Å². The van der Waals surface area contributed by atoms with Gasteiger partial charge in [-0.05, 0) is 43.7 Å². The Bertz CT molecular complexity index is 918. The van der Waals surface area contributed by atoms with Gasteiger partial charge in [-0.2, -0.15) is 0 Å². The molecular formula is C21H26N4O3. The highest BCUT2D eigenvalue weighted by molar-refractivity contribution is 5.88. The van der Waals surface area contributed by atoms with Gasteiger partial charge < -0.3 is 31.6 Å². The molecule has 3 rings (SSSR count). The number of hydrogen-bond donors (Lipinski definition) is 5. The number of rotatable bonds is 5. The van der Waals surface area contributed by atoms with Crippen molar-refractivity contribution < 1.29 is 15.0 Å². The number of aromatic amines is 1. The highest BCUT2D eigenvalue weighted by Crippen LogP contribution is 2.38. The predicted octanol–water partition coefficient (Wildman–Crippen LogP) is 2.01. The number of aliphatic hydroxyl groups excluding tert-OH is 1. The Morgan fingerprint density at radius 2 is 2.14 bits per heavy atom. The van der Waals surface area contributed by atoms with E-state index in [0.717, 1.165) is 5.69 Å². The van der Waals surface area contributed by atoms with Gasteiger partial charge >= 0.3 is 0 Å². The standard InChI is InChI=1S/C21H26N4O3/c1-3-20(28)25-12(2)8-15(18(25)11-26)17-10-13(21(23)24-17)9-16(22)14-6-4-5-7-19(14)27/h3-7,9-10,12,15,18,24,26-27H,1,8,11,22-23H2,2H3/b16-9-. The third-order valence-electron chi connectivity index (χ3n) is 5.33. The fourth-order valence-corrected chi connectivity index (χ4v) is 3.99. The summed E-state index contributed by atoms with van der Waals surface area (Å²) >= 11 is 0. The Kier molecular flexibility index (Phi) is 5.46. The lowest BCUT2D eigenvalue weighted by atomic mass is 9.95. The molecule has 2 aromatic rings. The van der Waals surface area contributed by atoms with Crippen molar-refractivity contribution in [3.63, 3.8) is 0 Å². The van der Waals surface area contributed by atoms with E-state index >= 15 is 0 Å². The molecule has 1 aromatic carbocycles. The number of aliphatic hydroxyl groups is 1. The normalized spacial score (nSPS) is 22.4. The molecule has 7 N–H and O–H groups in total. The lowest BCUT2D eigenvalue weighted by Gasteiger charge is -2.27. The van der Waals surface area contributed by atoms with Crippen molar-refractivity contribution >= 4 is 23.5 Å². The number of nitrogens with one attached hydrogen (secondary N) is 1. The van der Waals surface area contributed by atoms with Crippen molar-refractivity contribution in [1.82, 2.24) is 9.88 Å². The minimum atomic E-state index is -0.356. The molecule has 148 valence electrons. The summed E-state index contributed by atoms with van der Waals surface area (Å²) in [5, 5.41) is 19.9. The molecule has 1 saturated heterocycles. The number of aromatic nitrogens is 1. The second kappa shape index (κ2) is 7.82. The van der Waals surface area contributed by atoms with Gasteiger partial charge in [0.15, 0.2) is 0 Å². The van der Waals surface area contributed by atoms with E-state index in [4.69, 9.17) is 11.5 Å². The summed E-state index contributed by atoms with van der Waals surface area (Å²) in [7, 11) is 0. The second-order valence-corrected chi connectivity index (χ2v) is 7.10. The number of anilines is 1. The number of nitrogens with zero attached hydrogens (tertiary/aromatic N) is 1. The van der Waals surface area contributed by atoms with Crippen molar-refractivity contribution in [3.05, 3.63) is 59.8 Å². The number of carbonyl (C=O) groups excluding carboxylic acids is 1. The number of nitrogen functional groups attached to an aromatic ring is 1. The van der Waals surface area contributed by atoms with E-state index in [1.165, 1.54) is 6.08 Å². The molecule has 0 saturated carbocycles. The first-order valence-electron chi connectivity index (χ1n) is 9.16. The van der Waals surface area contributed by atoms with Crippen molar-refractivity contribution in [1.29, 1.82) is 0 Å². The molecule has 0 bridgehead atoms. The predicted molar refractivity (Wildman–Crippen MR) is 110 cm³/mol. The van der Waals surface area contributed by atoms with Crippen LogP contribution in [0.3, 0.4) is 0 Å². The molecule has 7 heteroatoms. The van der Waals surface area contributed by atoms with Crippen molar-refractivity contribution in [2.45, 2.75) is 31.3 Å². The number of aromatic hydroxyl groups is 1. The number of carbonyl (C=O) groups is 1. The van der Waals surface area contributed by atoms with Crippen LogP contribution < -0.4 is 11.5 Å². The molecule has 1 aliphatic rings. The summed E-state index contributed by atoms with van der Waals surface area (Å²) in [5.41, 5.74) is 14.7. The van der Waals surface area contributed by atoms with Crippen molar-refractivity contribution in [2.24, 2.45) is 5.73 Å². The monoisotopic (exact) mass is 382 g/mol. The number of H-pyrrole nitrogens is 1. The second-order valence-electron chi connectivity index (χ2n) is 7.10. The van der Waals surface area contributed by atoms with Crippen LogP contribution in [0.5, 0.6) is 5.75 Å². The maximum atomic E-state index is 12.2. The fourth-order valence-electron chi connectivity index (χ4n) is 3.99. The van der Waals surface area contributed by atoms with Gasteiger partial charge in [-0.3, -0.25) is 4.79 Å². The topological polar surface area (TPSA) is 129 Å². The van der Waals surface area contributed by atoms with Gasteiger partial charge in [-0.15, -0.1) is 0 Å². The van der Waals surface area contributed by atoms with Crippen LogP contribution in [0.25, 0.3) is 11.8 Å². The molecule has 0 aliphatic carbocycles. The number of phenols is 1. The molecule has 1 aromatic heterocycles. The van der Waals surface area contributed by atoms with Gasteiger partial charge in [0, 0.05) is 34.5 Å². The molecule has 2 heterocycles. The van der Waals surface area contributed by atoms with E-state index in [0.29, 0.717) is 29.1 Å². The van der Waals surface area contributed by atoms with Crippen LogP contribution in [0.4, 0.5) is 5.82 Å². The number of hydrogen-bond acceptors (Lipinski definition) is 5. The summed E-state index contributed by atoms with van der Waals surface area (Å²) in [4.78, 5) is 17.0. The average molecular weight is 382 g/mol. The van der Waals surface area contributed by atoms with Gasteiger partial charge in [0.2, 0.25) is 5.91 Å². The van der Waals surface area contributed by atoms with Gasteiger partial charge in [0.05, 0.1) is 12.6 Å². The quantitative estimate of drug-likeness (QED) is 0.505. The zero-order chi connectivity index (χ0) is 20.4. The number of amides is 1. The van der Waals surface area contributed by atoms with E-state index in [-0.39, 0.29) is 36.3 Å². The van der Waals surface area contributed by atoms with E-state index in [1.807, 2.05) is 13.0 Å². The van der Waals surface area contributed by atoms with Crippen LogP contribution in [-0.4, -0.2) is 44.7 Å². The Labute approximate surface area is 164 Å². The molecule has 28 heavy (non-hydrogen) atoms. The smallest absolute Gasteiger partial charge is 0.246 e. The first kappa shape index (κ1) is 19.6. The number of phenolic OH excluding ortho intramolecular Hbond substituents is 1. The number of nitrogens with two attached hydrogens (primary N) is 2. The molecule has 1 fully saturated rings. The first-order valence-corrected chi connectivity index (χ1v) is 9.16. The van der Waals surface area contributed by atoms with E-state index < -0.39 is 0 Å². The minimum absolute atomic E-state index is 0.0255. The lowest BCUT2D eigenvalue weighted by molar-refractivity contribution is -0.129. The van der Waals surface area contributed by atoms with Gasteiger partial charge in [-0.25, -0.2) is 0 Å². The van der Waals surface area contributed by atoms with Crippen LogP contribution in [0, 0.1) is 0 Å². The lowest BCUT2D eigenvalue weighted by Crippen LogP contribution is -2.42. The zero-order valence-corrected chi connectivity index (χ0v) is 15.8. The number of para-hydroxylation sites is 1. The zero-order valence-electron chi connectivity index (χ0n) is 15.8. The molecule has 0 spiro atoms. The molecule has 1 aliphatic heterocycles. The third kappa shape index (κ3) is 3.48. The molecule has 3 atom stereocenters. The first-order chi connectivity index (χ1) is 13.4. The summed E-state index contributed by atoms with van der Waals surface area (Å²) in [5.74, 6) is 0.248. The Morgan fingerprint density at radius 1 is 1.43 bits per heavy atom. The Morgan fingerprint density at radius 3 is 2.79 bits per heavy atom. The van der Waals surface area contributed by atoms with E-state index in [9.17, 15) is 15.0 Å². The highest BCUT2D eigenvalue weighted by atomic mass is 16.3. The maximum Gasteiger partial charge on any atom is 0.246 e. The van der Waals surface area contributed by atoms with Crippen LogP contribution in [-0.2, 0) is 4.79 Å². The van der Waals surface area contributed by atoms with E-state index in [2.05, 4.69) is 11.6 Å². The maximum absolute atomic E-state index is 12.2.